The summed E-state index contributed by atoms with van der Waals surface area (Å²) in [5.74, 6) is 0. The van der Waals surface area contributed by atoms with Gasteiger partial charge in [0.05, 0.1) is 0 Å². The third-order valence-electron chi connectivity index (χ3n) is 3.51. The van der Waals surface area contributed by atoms with Crippen LogP contribution in [0, 0.1) is 0 Å². The van der Waals surface area contributed by atoms with E-state index in [0.29, 0.717) is 12.6 Å². The van der Waals surface area contributed by atoms with Crippen LogP contribution >= 0.6 is 23.2 Å². The van der Waals surface area contributed by atoms with Gasteiger partial charge in [-0.2, -0.15) is 0 Å². The number of nitrogens with zero attached hydrogens (tertiary/aromatic N) is 1. The second kappa shape index (κ2) is 3.88. The standard InChI is InChI=1S/C12H14Cl2N2/c13-8-3-7-6-16(9-1-2-9)11(5-15)12(7)10(14)4-8/h3-4,9,11H,1-2,5-6,15H2. The second-order valence-corrected chi connectivity index (χ2v) is 5.46. The molecule has 1 saturated carbocycles. The Morgan fingerprint density at radius 3 is 2.69 bits per heavy atom. The predicted molar refractivity (Wildman–Crippen MR) is 66.8 cm³/mol. The fourth-order valence-corrected chi connectivity index (χ4v) is 3.32. The SMILES string of the molecule is NCC1c2c(Cl)cc(Cl)cc2CN1C1CC1. The fourth-order valence-electron chi connectivity index (χ4n) is 2.66. The lowest BCUT2D eigenvalue weighted by Crippen LogP contribution is -2.29. The maximum Gasteiger partial charge on any atom is 0.0494 e. The minimum absolute atomic E-state index is 0.285. The van der Waals surface area contributed by atoms with Crippen LogP contribution in [0.15, 0.2) is 12.1 Å². The molecule has 2 N–H and O–H groups in total. The molecule has 0 aromatic heterocycles. The lowest BCUT2D eigenvalue weighted by atomic mass is 10.0. The lowest BCUT2D eigenvalue weighted by molar-refractivity contribution is 0.209. The van der Waals surface area contributed by atoms with Gasteiger partial charge in [0.1, 0.15) is 0 Å². The van der Waals surface area contributed by atoms with E-state index in [1.165, 1.54) is 24.0 Å². The molecule has 1 heterocycles. The minimum atomic E-state index is 0.285. The van der Waals surface area contributed by atoms with Crippen LogP contribution in [0.4, 0.5) is 0 Å². The van der Waals surface area contributed by atoms with Gasteiger partial charge in [-0.25, -0.2) is 0 Å². The van der Waals surface area contributed by atoms with Gasteiger partial charge >= 0.3 is 0 Å². The smallest absolute Gasteiger partial charge is 0.0494 e. The van der Waals surface area contributed by atoms with Gasteiger partial charge in [0.15, 0.2) is 0 Å². The number of benzene rings is 1. The average Bonchev–Trinajstić information content (AvgIpc) is 2.99. The van der Waals surface area contributed by atoms with Gasteiger partial charge in [-0.05, 0) is 36.1 Å². The van der Waals surface area contributed by atoms with E-state index in [2.05, 4.69) is 4.90 Å². The van der Waals surface area contributed by atoms with Crippen molar-refractivity contribution in [2.75, 3.05) is 6.54 Å². The molecule has 16 heavy (non-hydrogen) atoms. The molecule has 1 fully saturated rings. The molecule has 1 unspecified atom stereocenters. The van der Waals surface area contributed by atoms with E-state index in [4.69, 9.17) is 28.9 Å². The van der Waals surface area contributed by atoms with Crippen LogP contribution in [-0.2, 0) is 6.54 Å². The molecule has 1 aliphatic heterocycles. The highest BCUT2D eigenvalue weighted by molar-refractivity contribution is 6.35. The Morgan fingerprint density at radius 2 is 2.06 bits per heavy atom. The third kappa shape index (κ3) is 1.65. The van der Waals surface area contributed by atoms with Gasteiger partial charge in [-0.15, -0.1) is 0 Å². The first-order chi connectivity index (χ1) is 7.70. The van der Waals surface area contributed by atoms with Gasteiger partial charge < -0.3 is 5.73 Å². The van der Waals surface area contributed by atoms with Gasteiger partial charge in [-0.1, -0.05) is 23.2 Å². The van der Waals surface area contributed by atoms with E-state index in [0.717, 1.165) is 16.6 Å². The molecular weight excluding hydrogens is 243 g/mol. The van der Waals surface area contributed by atoms with Gasteiger partial charge in [0, 0.05) is 35.2 Å². The normalized spacial score (nSPS) is 24.8. The molecule has 86 valence electrons. The predicted octanol–water partition coefficient (Wildman–Crippen LogP) is 2.97. The summed E-state index contributed by atoms with van der Waals surface area (Å²) in [5, 5.41) is 1.48. The molecular formula is C12H14Cl2N2. The molecule has 1 aliphatic carbocycles. The van der Waals surface area contributed by atoms with E-state index >= 15 is 0 Å². The first kappa shape index (κ1) is 10.8. The Morgan fingerprint density at radius 1 is 1.31 bits per heavy atom. The Kier molecular flexibility index (Phi) is 2.63. The van der Waals surface area contributed by atoms with Crippen LogP contribution in [0.25, 0.3) is 0 Å². The maximum absolute atomic E-state index is 6.27. The fraction of sp³-hybridized carbons (Fsp3) is 0.500. The maximum atomic E-state index is 6.27. The highest BCUT2D eigenvalue weighted by atomic mass is 35.5. The van der Waals surface area contributed by atoms with E-state index in [1.807, 2.05) is 12.1 Å². The lowest BCUT2D eigenvalue weighted by Gasteiger charge is -2.23. The van der Waals surface area contributed by atoms with Crippen molar-refractivity contribution in [3.63, 3.8) is 0 Å². The van der Waals surface area contributed by atoms with E-state index in [1.54, 1.807) is 0 Å². The van der Waals surface area contributed by atoms with Crippen molar-refractivity contribution in [1.82, 2.24) is 4.90 Å². The molecule has 1 aromatic rings. The van der Waals surface area contributed by atoms with Gasteiger partial charge in [-0.3, -0.25) is 4.90 Å². The summed E-state index contributed by atoms with van der Waals surface area (Å²) in [6.07, 6.45) is 2.58. The van der Waals surface area contributed by atoms with Crippen molar-refractivity contribution in [3.8, 4) is 0 Å². The molecule has 4 heteroatoms. The highest BCUT2D eigenvalue weighted by Gasteiger charge is 2.40. The molecule has 0 spiro atoms. The summed E-state index contributed by atoms with van der Waals surface area (Å²) in [6, 6.07) is 4.83. The molecule has 0 saturated heterocycles. The Labute approximate surface area is 105 Å². The monoisotopic (exact) mass is 256 g/mol. The van der Waals surface area contributed by atoms with Crippen LogP contribution in [-0.4, -0.2) is 17.5 Å². The molecule has 2 aliphatic rings. The van der Waals surface area contributed by atoms with Crippen molar-refractivity contribution < 1.29 is 0 Å². The summed E-state index contributed by atoms with van der Waals surface area (Å²) in [7, 11) is 0. The number of rotatable bonds is 2. The van der Waals surface area contributed by atoms with Crippen LogP contribution in [0.2, 0.25) is 10.0 Å². The van der Waals surface area contributed by atoms with Crippen LogP contribution in [0.5, 0.6) is 0 Å². The highest BCUT2D eigenvalue weighted by Crippen LogP contribution is 2.44. The zero-order chi connectivity index (χ0) is 11.3. The average molecular weight is 257 g/mol. The van der Waals surface area contributed by atoms with Crippen molar-refractivity contribution in [1.29, 1.82) is 0 Å². The summed E-state index contributed by atoms with van der Waals surface area (Å²) < 4.78 is 0. The first-order valence-corrected chi connectivity index (χ1v) is 6.40. The number of hydrogen-bond donors (Lipinski definition) is 1. The summed E-state index contributed by atoms with van der Waals surface area (Å²) in [5.41, 5.74) is 8.32. The third-order valence-corrected chi connectivity index (χ3v) is 4.04. The van der Waals surface area contributed by atoms with E-state index in [-0.39, 0.29) is 6.04 Å². The Bertz CT molecular complexity index is 429. The van der Waals surface area contributed by atoms with Crippen molar-refractivity contribution in [2.45, 2.75) is 31.5 Å². The number of halogens is 2. The summed E-state index contributed by atoms with van der Waals surface area (Å²) >= 11 is 12.3. The molecule has 3 rings (SSSR count). The largest absolute Gasteiger partial charge is 0.329 e. The van der Waals surface area contributed by atoms with Crippen molar-refractivity contribution in [3.05, 3.63) is 33.3 Å². The Balaban J connectivity index is 2.04. The Hall–Kier alpha value is -0.280. The zero-order valence-electron chi connectivity index (χ0n) is 8.92. The van der Waals surface area contributed by atoms with Gasteiger partial charge in [0.25, 0.3) is 0 Å². The molecule has 0 radical (unpaired) electrons. The number of nitrogens with two attached hydrogens (primary N) is 1. The second-order valence-electron chi connectivity index (χ2n) is 4.62. The first-order valence-electron chi connectivity index (χ1n) is 5.64. The van der Waals surface area contributed by atoms with Crippen LogP contribution in [0.1, 0.15) is 30.0 Å². The van der Waals surface area contributed by atoms with Crippen LogP contribution in [0.3, 0.4) is 0 Å². The molecule has 2 nitrogen and oxygen atoms in total. The number of fused-ring (bicyclic) bond motifs is 1. The van der Waals surface area contributed by atoms with Crippen molar-refractivity contribution >= 4 is 23.2 Å². The van der Waals surface area contributed by atoms with E-state index in [9.17, 15) is 0 Å². The quantitative estimate of drug-likeness (QED) is 0.882. The topological polar surface area (TPSA) is 29.3 Å². The summed E-state index contributed by atoms with van der Waals surface area (Å²) in [4.78, 5) is 2.47. The van der Waals surface area contributed by atoms with Gasteiger partial charge in [0.2, 0.25) is 0 Å². The molecule has 1 aromatic carbocycles. The number of hydrogen-bond acceptors (Lipinski definition) is 2. The summed E-state index contributed by atoms with van der Waals surface area (Å²) in [6.45, 7) is 1.58. The van der Waals surface area contributed by atoms with Crippen molar-refractivity contribution in [2.24, 2.45) is 5.73 Å². The van der Waals surface area contributed by atoms with Crippen LogP contribution < -0.4 is 5.73 Å². The molecule has 0 amide bonds. The van der Waals surface area contributed by atoms with E-state index < -0.39 is 0 Å². The zero-order valence-corrected chi connectivity index (χ0v) is 10.4. The molecule has 0 bridgehead atoms. The molecule has 1 atom stereocenters. The minimum Gasteiger partial charge on any atom is -0.329 e.